The highest BCUT2D eigenvalue weighted by atomic mass is 16.2. The summed E-state index contributed by atoms with van der Waals surface area (Å²) in [4.78, 5) is 30.6. The van der Waals surface area contributed by atoms with Crippen LogP contribution < -0.4 is 10.6 Å². The van der Waals surface area contributed by atoms with Crippen molar-refractivity contribution in [2.75, 3.05) is 6.54 Å². The molecule has 2 aliphatic rings. The molecular weight excluding hydrogens is 454 g/mol. The monoisotopic (exact) mass is 491 g/mol. The van der Waals surface area contributed by atoms with E-state index in [0.717, 1.165) is 55.7 Å². The summed E-state index contributed by atoms with van der Waals surface area (Å²) in [6.45, 7) is 7.81. The molecule has 5 rings (SSSR count). The average molecular weight is 492 g/mol. The number of carbonyl (C=O) groups is 2. The minimum atomic E-state index is -0.195. The van der Waals surface area contributed by atoms with Gasteiger partial charge in [-0.2, -0.15) is 10.2 Å². The molecule has 3 aromatic rings. The minimum absolute atomic E-state index is 0.0635. The minimum Gasteiger partial charge on any atom is -0.356 e. The number of rotatable bonds is 7. The number of imidazole rings is 1. The van der Waals surface area contributed by atoms with Crippen molar-refractivity contribution in [1.29, 1.82) is 0 Å². The molecule has 1 aliphatic carbocycles. The number of nitrogens with one attached hydrogen (secondary N) is 2. The lowest BCUT2D eigenvalue weighted by molar-refractivity contribution is -0.128. The fourth-order valence-electron chi connectivity index (χ4n) is 5.78. The third-order valence-corrected chi connectivity index (χ3v) is 8.13. The molecule has 0 bridgehead atoms. The van der Waals surface area contributed by atoms with Gasteiger partial charge in [-0.05, 0) is 62.1 Å². The molecule has 192 valence electrons. The van der Waals surface area contributed by atoms with Crippen LogP contribution in [0.2, 0.25) is 0 Å². The van der Waals surface area contributed by atoms with Crippen LogP contribution in [0.4, 0.5) is 0 Å². The van der Waals surface area contributed by atoms with Crippen LogP contribution in [-0.4, -0.2) is 42.7 Å². The van der Waals surface area contributed by atoms with Gasteiger partial charge in [0.2, 0.25) is 5.91 Å². The standard InChI is InChI=1S/C27H37N7O2/c1-4-33-23(12-14-29-33)27(36)31-25(19-7-5-17(2)6-8-19)22-16-34-24(30-22)10-9-20(32-34)15-21-18(3)11-13-28-26(21)35/h9-10,12,14,16-19,21,25H,4-8,11,13,15H2,1-3H3,(H,28,35)(H,31,36)/t17?,18?,19?,21?,25-/m0/s1. The van der Waals surface area contributed by atoms with Crippen LogP contribution >= 0.6 is 0 Å². The van der Waals surface area contributed by atoms with Crippen molar-refractivity contribution in [1.82, 2.24) is 35.0 Å². The summed E-state index contributed by atoms with van der Waals surface area (Å²) in [6, 6.07) is 5.50. The summed E-state index contributed by atoms with van der Waals surface area (Å²) in [6.07, 6.45) is 9.64. The Morgan fingerprint density at radius 2 is 1.97 bits per heavy atom. The van der Waals surface area contributed by atoms with Gasteiger partial charge < -0.3 is 10.6 Å². The third-order valence-electron chi connectivity index (χ3n) is 8.13. The van der Waals surface area contributed by atoms with E-state index in [1.165, 1.54) is 0 Å². The highest BCUT2D eigenvalue weighted by Crippen LogP contribution is 2.37. The molecule has 36 heavy (non-hydrogen) atoms. The molecule has 9 heteroatoms. The number of hydrogen-bond donors (Lipinski definition) is 2. The lowest BCUT2D eigenvalue weighted by Gasteiger charge is -2.32. The molecule has 2 amide bonds. The van der Waals surface area contributed by atoms with E-state index in [-0.39, 0.29) is 23.8 Å². The maximum absolute atomic E-state index is 13.3. The first-order chi connectivity index (χ1) is 17.4. The number of amides is 2. The Balaban J connectivity index is 1.41. The number of carbonyl (C=O) groups excluding carboxylic acids is 2. The van der Waals surface area contributed by atoms with Crippen molar-refractivity contribution < 1.29 is 9.59 Å². The van der Waals surface area contributed by atoms with Crippen molar-refractivity contribution in [3.8, 4) is 0 Å². The van der Waals surface area contributed by atoms with Crippen molar-refractivity contribution in [3.63, 3.8) is 0 Å². The van der Waals surface area contributed by atoms with Crippen LogP contribution in [0.5, 0.6) is 0 Å². The van der Waals surface area contributed by atoms with Gasteiger partial charge in [-0.15, -0.1) is 0 Å². The van der Waals surface area contributed by atoms with E-state index in [1.807, 2.05) is 25.3 Å². The number of piperidine rings is 1. The van der Waals surface area contributed by atoms with E-state index in [0.29, 0.717) is 36.4 Å². The molecule has 3 aromatic heterocycles. The van der Waals surface area contributed by atoms with Gasteiger partial charge in [0.05, 0.1) is 23.6 Å². The second-order valence-corrected chi connectivity index (χ2v) is 10.7. The Kier molecular flexibility index (Phi) is 7.07. The van der Waals surface area contributed by atoms with Crippen LogP contribution in [0.25, 0.3) is 5.65 Å². The Hall–Kier alpha value is -3.23. The summed E-state index contributed by atoms with van der Waals surface area (Å²) in [7, 11) is 0. The summed E-state index contributed by atoms with van der Waals surface area (Å²) in [5.41, 5.74) is 3.02. The Labute approximate surface area is 212 Å². The summed E-state index contributed by atoms with van der Waals surface area (Å²) in [5, 5.41) is 15.3. The molecule has 0 spiro atoms. The topological polar surface area (TPSA) is 106 Å². The van der Waals surface area contributed by atoms with Crippen LogP contribution in [0.1, 0.15) is 80.8 Å². The van der Waals surface area contributed by atoms with Crippen LogP contribution in [0.15, 0.2) is 30.6 Å². The summed E-state index contributed by atoms with van der Waals surface area (Å²) >= 11 is 0. The Morgan fingerprint density at radius 3 is 2.72 bits per heavy atom. The van der Waals surface area contributed by atoms with Crippen LogP contribution in [0.3, 0.4) is 0 Å². The molecule has 9 nitrogen and oxygen atoms in total. The van der Waals surface area contributed by atoms with Gasteiger partial charge in [-0.25, -0.2) is 9.50 Å². The summed E-state index contributed by atoms with van der Waals surface area (Å²) < 4.78 is 3.52. The van der Waals surface area contributed by atoms with Crippen molar-refractivity contribution >= 4 is 17.5 Å². The fourth-order valence-corrected chi connectivity index (χ4v) is 5.78. The Morgan fingerprint density at radius 1 is 1.17 bits per heavy atom. The Bertz CT molecular complexity index is 1220. The van der Waals surface area contributed by atoms with Crippen molar-refractivity contribution in [2.24, 2.45) is 23.7 Å². The highest BCUT2D eigenvalue weighted by Gasteiger charge is 2.32. The number of nitrogens with zero attached hydrogens (tertiary/aromatic N) is 5. The lowest BCUT2D eigenvalue weighted by Crippen LogP contribution is -2.42. The first kappa shape index (κ1) is 24.5. The van der Waals surface area contributed by atoms with Gasteiger partial charge in [0.15, 0.2) is 5.65 Å². The van der Waals surface area contributed by atoms with E-state index in [2.05, 4.69) is 29.6 Å². The van der Waals surface area contributed by atoms with Gasteiger partial charge in [-0.3, -0.25) is 14.3 Å². The third kappa shape index (κ3) is 5.01. The molecule has 0 aromatic carbocycles. The highest BCUT2D eigenvalue weighted by molar-refractivity contribution is 5.92. The maximum atomic E-state index is 13.3. The first-order valence-electron chi connectivity index (χ1n) is 13.4. The van der Waals surface area contributed by atoms with E-state index in [4.69, 9.17) is 10.1 Å². The second kappa shape index (κ2) is 10.4. The SMILES string of the molecule is CCn1nccc1C(=O)N[C@H](c1cn2nc(CC3C(=O)NCCC3C)ccc2n1)C1CCC(C)CC1. The number of aromatic nitrogens is 5. The van der Waals surface area contributed by atoms with E-state index in [9.17, 15) is 9.59 Å². The summed E-state index contributed by atoms with van der Waals surface area (Å²) in [5.74, 6) is 1.29. The van der Waals surface area contributed by atoms with Gasteiger partial charge in [0, 0.05) is 31.6 Å². The van der Waals surface area contributed by atoms with Gasteiger partial charge in [0.1, 0.15) is 5.69 Å². The number of fused-ring (bicyclic) bond motifs is 1. The predicted octanol–water partition coefficient (Wildman–Crippen LogP) is 3.56. The fraction of sp³-hybridized carbons (Fsp3) is 0.593. The number of aryl methyl sites for hydroxylation is 1. The first-order valence-corrected chi connectivity index (χ1v) is 13.4. The molecule has 1 aliphatic heterocycles. The van der Waals surface area contributed by atoms with Gasteiger partial charge in [0.25, 0.3) is 5.91 Å². The van der Waals surface area contributed by atoms with E-state index in [1.54, 1.807) is 21.5 Å². The molecule has 4 heterocycles. The van der Waals surface area contributed by atoms with Gasteiger partial charge >= 0.3 is 0 Å². The van der Waals surface area contributed by atoms with E-state index >= 15 is 0 Å². The molecule has 0 radical (unpaired) electrons. The van der Waals surface area contributed by atoms with Crippen molar-refractivity contribution in [2.45, 2.75) is 71.9 Å². The largest absolute Gasteiger partial charge is 0.356 e. The zero-order chi connectivity index (χ0) is 25.2. The molecule has 2 unspecified atom stereocenters. The number of hydrogen-bond acceptors (Lipinski definition) is 5. The lowest BCUT2D eigenvalue weighted by atomic mass is 9.78. The smallest absolute Gasteiger partial charge is 0.270 e. The molecule has 2 N–H and O–H groups in total. The second-order valence-electron chi connectivity index (χ2n) is 10.7. The normalized spacial score (nSPS) is 25.5. The molecule has 1 saturated heterocycles. The maximum Gasteiger partial charge on any atom is 0.270 e. The average Bonchev–Trinajstić information content (AvgIpc) is 3.52. The van der Waals surface area contributed by atoms with E-state index < -0.39 is 0 Å². The predicted molar refractivity (Wildman–Crippen MR) is 136 cm³/mol. The van der Waals surface area contributed by atoms with Crippen LogP contribution in [-0.2, 0) is 17.8 Å². The van der Waals surface area contributed by atoms with Gasteiger partial charge in [-0.1, -0.05) is 26.7 Å². The van der Waals surface area contributed by atoms with Crippen molar-refractivity contribution in [3.05, 3.63) is 47.7 Å². The molecule has 2 fully saturated rings. The quantitative estimate of drug-likeness (QED) is 0.526. The zero-order valence-electron chi connectivity index (χ0n) is 21.5. The van der Waals surface area contributed by atoms with Crippen LogP contribution in [0, 0.1) is 23.7 Å². The molecular formula is C27H37N7O2. The molecule has 1 saturated carbocycles. The zero-order valence-corrected chi connectivity index (χ0v) is 21.5. The molecule has 3 atom stereocenters.